The van der Waals surface area contributed by atoms with Crippen LogP contribution in [-0.4, -0.2) is 47.1 Å². The highest BCUT2D eigenvalue weighted by Crippen LogP contribution is 2.25. The number of aliphatic carboxylic acids is 1. The number of piperidine rings is 1. The molecule has 6 nitrogen and oxygen atoms in total. The number of benzene rings is 1. The molecule has 3 rings (SSSR count). The van der Waals surface area contributed by atoms with Crippen LogP contribution in [0.2, 0.25) is 0 Å². The first kappa shape index (κ1) is 17.9. The van der Waals surface area contributed by atoms with E-state index in [1.807, 2.05) is 31.2 Å². The van der Waals surface area contributed by atoms with Crippen LogP contribution in [0, 0.1) is 11.8 Å². The number of methoxy groups -OCH3 is 1. The van der Waals surface area contributed by atoms with Crippen molar-refractivity contribution in [2.24, 2.45) is 11.8 Å². The second-order valence-corrected chi connectivity index (χ2v) is 6.78. The van der Waals surface area contributed by atoms with Crippen molar-refractivity contribution in [3.8, 4) is 16.9 Å². The van der Waals surface area contributed by atoms with Gasteiger partial charge in [-0.05, 0) is 36.1 Å². The first-order valence-corrected chi connectivity index (χ1v) is 8.59. The van der Waals surface area contributed by atoms with Gasteiger partial charge in [0.2, 0.25) is 0 Å². The second kappa shape index (κ2) is 7.56. The maximum Gasteiger partial charge on any atom is 0.308 e. The minimum Gasteiger partial charge on any atom is -0.497 e. The lowest BCUT2D eigenvalue weighted by Gasteiger charge is -2.34. The number of carboxylic acids is 1. The summed E-state index contributed by atoms with van der Waals surface area (Å²) in [6, 6.07) is 9.33. The van der Waals surface area contributed by atoms with Gasteiger partial charge < -0.3 is 14.7 Å². The molecule has 6 heteroatoms. The normalized spacial score (nSPS) is 19.8. The van der Waals surface area contributed by atoms with Crippen LogP contribution in [0.1, 0.15) is 23.7 Å². The first-order chi connectivity index (χ1) is 12.5. The fraction of sp³-hybridized carbons (Fsp3) is 0.350. The van der Waals surface area contributed by atoms with Gasteiger partial charge in [0.05, 0.1) is 18.6 Å². The summed E-state index contributed by atoms with van der Waals surface area (Å²) in [5, 5.41) is 9.30. The van der Waals surface area contributed by atoms with E-state index in [4.69, 9.17) is 4.74 Å². The number of nitrogens with zero attached hydrogens (tertiary/aromatic N) is 2. The van der Waals surface area contributed by atoms with Gasteiger partial charge in [0.25, 0.3) is 5.91 Å². The predicted molar refractivity (Wildman–Crippen MR) is 97.0 cm³/mol. The van der Waals surface area contributed by atoms with Crippen molar-refractivity contribution in [2.75, 3.05) is 20.2 Å². The van der Waals surface area contributed by atoms with E-state index in [2.05, 4.69) is 4.98 Å². The molecule has 1 N–H and O–H groups in total. The summed E-state index contributed by atoms with van der Waals surface area (Å²) in [5.74, 6) is -0.618. The fourth-order valence-electron chi connectivity index (χ4n) is 3.38. The highest BCUT2D eigenvalue weighted by atomic mass is 16.5. The minimum absolute atomic E-state index is 0.159. The van der Waals surface area contributed by atoms with Gasteiger partial charge in [-0.25, -0.2) is 0 Å². The SMILES string of the molecule is COc1ccc(-c2cncc(C(=O)N3CC(C)CC(C(=O)O)C3)c2)cc1. The van der Waals surface area contributed by atoms with E-state index in [-0.39, 0.29) is 18.4 Å². The number of carboxylic acid groups (broad SMARTS) is 1. The summed E-state index contributed by atoms with van der Waals surface area (Å²) in [4.78, 5) is 30.0. The maximum atomic E-state index is 12.9. The zero-order valence-corrected chi connectivity index (χ0v) is 14.9. The highest BCUT2D eigenvalue weighted by molar-refractivity contribution is 5.95. The Morgan fingerprint density at radius 1 is 1.15 bits per heavy atom. The van der Waals surface area contributed by atoms with Crippen LogP contribution in [0.3, 0.4) is 0 Å². The van der Waals surface area contributed by atoms with Crippen LogP contribution in [-0.2, 0) is 4.79 Å². The van der Waals surface area contributed by atoms with Crippen molar-refractivity contribution in [3.05, 3.63) is 48.3 Å². The van der Waals surface area contributed by atoms with E-state index in [0.29, 0.717) is 18.5 Å². The average molecular weight is 354 g/mol. The molecule has 1 amide bonds. The topological polar surface area (TPSA) is 79.7 Å². The number of rotatable bonds is 4. The quantitative estimate of drug-likeness (QED) is 0.913. The van der Waals surface area contributed by atoms with Gasteiger partial charge in [-0.3, -0.25) is 14.6 Å². The number of carbonyl (C=O) groups is 2. The minimum atomic E-state index is -0.848. The lowest BCUT2D eigenvalue weighted by atomic mass is 9.90. The van der Waals surface area contributed by atoms with Crippen molar-refractivity contribution >= 4 is 11.9 Å². The Labute approximate surface area is 152 Å². The molecule has 1 aliphatic rings. The van der Waals surface area contributed by atoms with Crippen molar-refractivity contribution < 1.29 is 19.4 Å². The summed E-state index contributed by atoms with van der Waals surface area (Å²) in [7, 11) is 1.61. The van der Waals surface area contributed by atoms with Gasteiger partial charge >= 0.3 is 5.97 Å². The number of likely N-dealkylation sites (tertiary alicyclic amines) is 1. The summed E-state index contributed by atoms with van der Waals surface area (Å²) < 4.78 is 5.16. The molecule has 2 atom stereocenters. The van der Waals surface area contributed by atoms with Gasteiger partial charge in [-0.15, -0.1) is 0 Å². The van der Waals surface area contributed by atoms with E-state index in [1.165, 1.54) is 6.20 Å². The van der Waals surface area contributed by atoms with E-state index in [1.54, 1.807) is 24.3 Å². The molecule has 136 valence electrons. The molecule has 1 aliphatic heterocycles. The van der Waals surface area contributed by atoms with Crippen molar-refractivity contribution in [3.63, 3.8) is 0 Å². The van der Waals surface area contributed by atoms with Crippen LogP contribution >= 0.6 is 0 Å². The van der Waals surface area contributed by atoms with E-state index in [0.717, 1.165) is 16.9 Å². The van der Waals surface area contributed by atoms with Crippen molar-refractivity contribution in [2.45, 2.75) is 13.3 Å². The molecule has 1 saturated heterocycles. The number of pyridine rings is 1. The molecule has 1 aromatic heterocycles. The van der Waals surface area contributed by atoms with Gasteiger partial charge in [0.1, 0.15) is 5.75 Å². The Morgan fingerprint density at radius 2 is 1.88 bits per heavy atom. The van der Waals surface area contributed by atoms with Gasteiger partial charge in [-0.2, -0.15) is 0 Å². The molecule has 2 aromatic rings. The molecule has 0 radical (unpaired) electrons. The van der Waals surface area contributed by atoms with Gasteiger partial charge in [0, 0.05) is 31.0 Å². The summed E-state index contributed by atoms with van der Waals surface area (Å²) in [6.07, 6.45) is 3.84. The number of ether oxygens (including phenoxy) is 1. The Kier molecular flexibility index (Phi) is 5.21. The van der Waals surface area contributed by atoms with E-state index < -0.39 is 11.9 Å². The molecule has 1 fully saturated rings. The molecular weight excluding hydrogens is 332 g/mol. The van der Waals surface area contributed by atoms with Crippen LogP contribution in [0.4, 0.5) is 0 Å². The van der Waals surface area contributed by atoms with Gasteiger partial charge in [-0.1, -0.05) is 19.1 Å². The molecule has 0 saturated carbocycles. The van der Waals surface area contributed by atoms with Crippen LogP contribution in [0.15, 0.2) is 42.7 Å². The molecule has 0 aliphatic carbocycles. The summed E-state index contributed by atoms with van der Waals surface area (Å²) in [6.45, 7) is 2.78. The highest BCUT2D eigenvalue weighted by Gasteiger charge is 2.32. The van der Waals surface area contributed by atoms with E-state index in [9.17, 15) is 14.7 Å². The van der Waals surface area contributed by atoms with Crippen molar-refractivity contribution in [1.29, 1.82) is 0 Å². The number of carbonyl (C=O) groups excluding carboxylic acids is 1. The summed E-state index contributed by atoms with van der Waals surface area (Å²) >= 11 is 0. The molecule has 1 aromatic carbocycles. The maximum absolute atomic E-state index is 12.9. The fourth-order valence-corrected chi connectivity index (χ4v) is 3.38. The van der Waals surface area contributed by atoms with Crippen molar-refractivity contribution in [1.82, 2.24) is 9.88 Å². The smallest absolute Gasteiger partial charge is 0.308 e. The number of hydrogen-bond donors (Lipinski definition) is 1. The first-order valence-electron chi connectivity index (χ1n) is 8.59. The van der Waals surface area contributed by atoms with Crippen LogP contribution in [0.25, 0.3) is 11.1 Å². The van der Waals surface area contributed by atoms with Crippen LogP contribution < -0.4 is 4.74 Å². The molecule has 26 heavy (non-hydrogen) atoms. The van der Waals surface area contributed by atoms with E-state index >= 15 is 0 Å². The molecule has 0 bridgehead atoms. The number of hydrogen-bond acceptors (Lipinski definition) is 4. The molecule has 2 heterocycles. The average Bonchev–Trinajstić information content (AvgIpc) is 2.67. The monoisotopic (exact) mass is 354 g/mol. The Balaban J connectivity index is 1.82. The second-order valence-electron chi connectivity index (χ2n) is 6.78. The predicted octanol–water partition coefficient (Wildman–Crippen LogP) is 2.94. The zero-order valence-electron chi connectivity index (χ0n) is 14.9. The lowest BCUT2D eigenvalue weighted by Crippen LogP contribution is -2.45. The third-order valence-electron chi connectivity index (χ3n) is 4.70. The third-order valence-corrected chi connectivity index (χ3v) is 4.70. The van der Waals surface area contributed by atoms with Gasteiger partial charge in [0.15, 0.2) is 0 Å². The lowest BCUT2D eigenvalue weighted by molar-refractivity contribution is -0.143. The Morgan fingerprint density at radius 3 is 2.54 bits per heavy atom. The number of amides is 1. The molecule has 0 spiro atoms. The zero-order chi connectivity index (χ0) is 18.7. The number of aromatic nitrogens is 1. The Bertz CT molecular complexity index is 804. The summed E-state index contributed by atoms with van der Waals surface area (Å²) in [5.41, 5.74) is 2.23. The molecule has 2 unspecified atom stereocenters. The largest absolute Gasteiger partial charge is 0.497 e. The third kappa shape index (κ3) is 3.85. The molecular formula is C20H22N2O4. The van der Waals surface area contributed by atoms with Crippen LogP contribution in [0.5, 0.6) is 5.75 Å². The Hall–Kier alpha value is -2.89. The standard InChI is InChI=1S/C20H22N2O4/c1-13-7-17(20(24)25)12-22(11-13)19(23)16-8-15(9-21-10-16)14-3-5-18(26-2)6-4-14/h3-6,8-10,13,17H,7,11-12H2,1-2H3,(H,24,25).